The maximum Gasteiger partial charge on any atom is 0.223 e. The summed E-state index contributed by atoms with van der Waals surface area (Å²) >= 11 is 0. The zero-order valence-corrected chi connectivity index (χ0v) is 13.1. The molecule has 2 aromatic heterocycles. The molecular weight excluding hydrogens is 292 g/mol. The van der Waals surface area contributed by atoms with Gasteiger partial charge in [0.25, 0.3) is 0 Å². The van der Waals surface area contributed by atoms with Crippen LogP contribution in [0.25, 0.3) is 11.3 Å². The van der Waals surface area contributed by atoms with Crippen LogP contribution in [0, 0.1) is 0 Å². The highest BCUT2D eigenvalue weighted by atomic mass is 16.3. The summed E-state index contributed by atoms with van der Waals surface area (Å²) < 4.78 is 1.88. The Kier molecular flexibility index (Phi) is 3.87. The van der Waals surface area contributed by atoms with Crippen LogP contribution in [0.2, 0.25) is 0 Å². The van der Waals surface area contributed by atoms with E-state index in [-0.39, 0.29) is 12.6 Å². The number of nitrogens with zero attached hydrogens (tertiary/aromatic N) is 4. The first-order chi connectivity index (χ1) is 11.3. The number of fused-ring (bicyclic) bond motifs is 1. The Labute approximate surface area is 135 Å². The zero-order chi connectivity index (χ0) is 15.6. The van der Waals surface area contributed by atoms with Gasteiger partial charge in [-0.15, -0.1) is 0 Å². The van der Waals surface area contributed by atoms with Gasteiger partial charge in [0.05, 0.1) is 36.6 Å². The minimum absolute atomic E-state index is 0.0270. The van der Waals surface area contributed by atoms with E-state index in [0.29, 0.717) is 18.5 Å². The summed E-state index contributed by atoms with van der Waals surface area (Å²) in [5.41, 5.74) is 1.81. The normalized spacial score (nSPS) is 21.0. The van der Waals surface area contributed by atoms with Gasteiger partial charge in [0.2, 0.25) is 5.95 Å². The predicted octanol–water partition coefficient (Wildman–Crippen LogP) is 1.87. The van der Waals surface area contributed by atoms with E-state index in [4.69, 9.17) is 0 Å². The van der Waals surface area contributed by atoms with Crippen molar-refractivity contribution in [2.24, 2.45) is 0 Å². The Morgan fingerprint density at radius 3 is 3.00 bits per heavy atom. The van der Waals surface area contributed by atoms with Crippen molar-refractivity contribution in [3.8, 4) is 11.3 Å². The maximum absolute atomic E-state index is 9.31. The van der Waals surface area contributed by atoms with Crippen LogP contribution in [0.1, 0.15) is 32.1 Å². The largest absolute Gasteiger partial charge is 0.394 e. The van der Waals surface area contributed by atoms with Gasteiger partial charge in [-0.2, -0.15) is 5.10 Å². The van der Waals surface area contributed by atoms with Gasteiger partial charge in [-0.1, -0.05) is 19.3 Å². The smallest absolute Gasteiger partial charge is 0.223 e. The standard InChI is InChI=1S/C16H22N6O/c23-10-12-9-22-15(19-12)13(8-18-22)14-6-7-17-16(21-14)20-11-4-2-1-3-5-11/h6-8,11-12,19,23H,1-5,9-10H2,(H,17,20,21). The van der Waals surface area contributed by atoms with Crippen molar-refractivity contribution >= 4 is 11.8 Å². The third-order valence-electron chi connectivity index (χ3n) is 4.66. The fourth-order valence-corrected chi connectivity index (χ4v) is 3.42. The van der Waals surface area contributed by atoms with Crippen LogP contribution in [0.5, 0.6) is 0 Å². The molecule has 0 spiro atoms. The minimum Gasteiger partial charge on any atom is -0.394 e. The van der Waals surface area contributed by atoms with E-state index in [9.17, 15) is 5.11 Å². The molecule has 7 nitrogen and oxygen atoms in total. The maximum atomic E-state index is 9.31. The van der Waals surface area contributed by atoms with E-state index in [1.54, 1.807) is 6.20 Å². The highest BCUT2D eigenvalue weighted by Crippen LogP contribution is 2.31. The molecule has 0 bridgehead atoms. The molecule has 0 saturated heterocycles. The SMILES string of the molecule is OCC1Cn2ncc(-c3ccnc(NC4CCCCC4)n3)c2N1. The Bertz CT molecular complexity index is 679. The number of hydrogen-bond donors (Lipinski definition) is 3. The van der Waals surface area contributed by atoms with Gasteiger partial charge in [0.15, 0.2) is 0 Å². The molecule has 122 valence electrons. The van der Waals surface area contributed by atoms with Crippen LogP contribution in [-0.4, -0.2) is 43.5 Å². The molecule has 1 fully saturated rings. The number of aromatic nitrogens is 4. The highest BCUT2D eigenvalue weighted by Gasteiger charge is 2.25. The monoisotopic (exact) mass is 314 g/mol. The van der Waals surface area contributed by atoms with E-state index >= 15 is 0 Å². The van der Waals surface area contributed by atoms with Crippen molar-refractivity contribution in [3.63, 3.8) is 0 Å². The lowest BCUT2D eigenvalue weighted by molar-refractivity contribution is 0.269. The lowest BCUT2D eigenvalue weighted by Crippen LogP contribution is -2.23. The fraction of sp³-hybridized carbons (Fsp3) is 0.562. The van der Waals surface area contributed by atoms with Crippen LogP contribution >= 0.6 is 0 Å². The average molecular weight is 314 g/mol. The molecule has 0 aromatic carbocycles. The predicted molar refractivity (Wildman–Crippen MR) is 88.2 cm³/mol. The number of aliphatic hydroxyl groups excluding tert-OH is 1. The molecule has 1 aliphatic carbocycles. The number of rotatable bonds is 4. The molecule has 2 aromatic rings. The van der Waals surface area contributed by atoms with Crippen molar-refractivity contribution in [2.45, 2.75) is 50.7 Å². The van der Waals surface area contributed by atoms with Crippen LogP contribution in [0.4, 0.5) is 11.8 Å². The van der Waals surface area contributed by atoms with Crippen molar-refractivity contribution < 1.29 is 5.11 Å². The quantitative estimate of drug-likeness (QED) is 0.798. The summed E-state index contributed by atoms with van der Waals surface area (Å²) in [6, 6.07) is 2.41. The third-order valence-corrected chi connectivity index (χ3v) is 4.66. The summed E-state index contributed by atoms with van der Waals surface area (Å²) in [7, 11) is 0. The lowest BCUT2D eigenvalue weighted by Gasteiger charge is -2.22. The van der Waals surface area contributed by atoms with Crippen molar-refractivity contribution in [1.29, 1.82) is 0 Å². The minimum atomic E-state index is 0.0270. The molecule has 1 aliphatic heterocycles. The van der Waals surface area contributed by atoms with Gasteiger partial charge in [-0.25, -0.2) is 14.6 Å². The van der Waals surface area contributed by atoms with Gasteiger partial charge >= 0.3 is 0 Å². The summed E-state index contributed by atoms with van der Waals surface area (Å²) in [5.74, 6) is 1.61. The molecule has 4 rings (SSSR count). The van der Waals surface area contributed by atoms with Gasteiger partial charge in [-0.3, -0.25) is 0 Å². The first-order valence-corrected chi connectivity index (χ1v) is 8.36. The molecule has 3 heterocycles. The second kappa shape index (κ2) is 6.16. The number of anilines is 2. The van der Waals surface area contributed by atoms with E-state index in [2.05, 4.69) is 25.7 Å². The highest BCUT2D eigenvalue weighted by molar-refractivity contribution is 5.74. The summed E-state index contributed by atoms with van der Waals surface area (Å²) in [4.78, 5) is 9.02. The molecule has 2 aliphatic rings. The molecule has 3 N–H and O–H groups in total. The molecular formula is C16H22N6O. The Hall–Kier alpha value is -2.15. The molecule has 7 heteroatoms. The van der Waals surface area contributed by atoms with Crippen LogP contribution in [0.15, 0.2) is 18.5 Å². The van der Waals surface area contributed by atoms with Gasteiger partial charge in [0.1, 0.15) is 5.82 Å². The van der Waals surface area contributed by atoms with E-state index in [0.717, 1.165) is 17.1 Å². The first-order valence-electron chi connectivity index (χ1n) is 8.36. The summed E-state index contributed by atoms with van der Waals surface area (Å²) in [6.07, 6.45) is 9.88. The van der Waals surface area contributed by atoms with Crippen molar-refractivity contribution in [2.75, 3.05) is 17.2 Å². The summed E-state index contributed by atoms with van der Waals surface area (Å²) in [5, 5.41) is 20.4. The number of nitrogens with one attached hydrogen (secondary N) is 2. The van der Waals surface area contributed by atoms with Crippen LogP contribution in [0.3, 0.4) is 0 Å². The van der Waals surface area contributed by atoms with E-state index in [1.165, 1.54) is 32.1 Å². The van der Waals surface area contributed by atoms with Crippen LogP contribution < -0.4 is 10.6 Å². The topological polar surface area (TPSA) is 87.9 Å². The Balaban J connectivity index is 1.55. The third kappa shape index (κ3) is 2.88. The lowest BCUT2D eigenvalue weighted by atomic mass is 9.96. The van der Waals surface area contributed by atoms with Gasteiger partial charge < -0.3 is 15.7 Å². The van der Waals surface area contributed by atoms with Gasteiger partial charge in [0, 0.05) is 12.2 Å². The molecule has 23 heavy (non-hydrogen) atoms. The van der Waals surface area contributed by atoms with E-state index < -0.39 is 0 Å². The van der Waals surface area contributed by atoms with Gasteiger partial charge in [-0.05, 0) is 18.9 Å². The fourth-order valence-electron chi connectivity index (χ4n) is 3.42. The number of aliphatic hydroxyl groups is 1. The summed E-state index contributed by atoms with van der Waals surface area (Å²) in [6.45, 7) is 0.783. The van der Waals surface area contributed by atoms with Crippen molar-refractivity contribution in [3.05, 3.63) is 18.5 Å². The first kappa shape index (κ1) is 14.4. The van der Waals surface area contributed by atoms with Crippen molar-refractivity contribution in [1.82, 2.24) is 19.7 Å². The van der Waals surface area contributed by atoms with E-state index in [1.807, 2.05) is 16.9 Å². The molecule has 0 radical (unpaired) electrons. The molecule has 1 unspecified atom stereocenters. The molecule has 1 atom stereocenters. The second-order valence-electron chi connectivity index (χ2n) is 6.36. The Morgan fingerprint density at radius 2 is 2.17 bits per heavy atom. The van der Waals surface area contributed by atoms with Crippen LogP contribution in [-0.2, 0) is 6.54 Å². The second-order valence-corrected chi connectivity index (χ2v) is 6.36. The Morgan fingerprint density at radius 1 is 1.30 bits per heavy atom. The number of hydrogen-bond acceptors (Lipinski definition) is 6. The molecule has 1 saturated carbocycles. The molecule has 0 amide bonds. The average Bonchev–Trinajstić information content (AvgIpc) is 3.16. The zero-order valence-electron chi connectivity index (χ0n) is 13.1.